The summed E-state index contributed by atoms with van der Waals surface area (Å²) in [6, 6.07) is -1.25. The Hall–Kier alpha value is -1.28. The van der Waals surface area contributed by atoms with E-state index in [4.69, 9.17) is 0 Å². The first-order valence-corrected chi connectivity index (χ1v) is 5.55. The standard InChI is InChI=1S/C6H9NO2.C5H7NO3.Mg/c1-4-2-3-5(7-4)6(8)9;7-4-2-1-3(6-4)5(8)9;/h5,7H,1-3H2,(H,8,9);3H,1-2H2,(H,6,7)(H,8,9);/q;;+2/p-2. The van der Waals surface area contributed by atoms with Gasteiger partial charge in [0, 0.05) is 12.1 Å². The fraction of sp³-hybridized carbons (Fsp3) is 0.545. The summed E-state index contributed by atoms with van der Waals surface area (Å²) in [5.74, 6) is -2.43. The van der Waals surface area contributed by atoms with Crippen LogP contribution in [0.4, 0.5) is 0 Å². The second-order valence-electron chi connectivity index (χ2n) is 4.14. The average Bonchev–Trinajstić information content (AvgIpc) is 2.88. The van der Waals surface area contributed by atoms with E-state index in [1.54, 1.807) is 0 Å². The summed E-state index contributed by atoms with van der Waals surface area (Å²) in [7, 11) is 0. The molecule has 0 aromatic carbocycles. The van der Waals surface area contributed by atoms with Crippen LogP contribution in [0.2, 0.25) is 0 Å². The molecule has 100 valence electrons. The van der Waals surface area contributed by atoms with Gasteiger partial charge in [0.05, 0.1) is 24.0 Å². The van der Waals surface area contributed by atoms with Crippen molar-refractivity contribution in [3.8, 4) is 0 Å². The van der Waals surface area contributed by atoms with Crippen LogP contribution in [0.3, 0.4) is 0 Å². The third kappa shape index (κ3) is 5.93. The van der Waals surface area contributed by atoms with Gasteiger partial charge in [0.2, 0.25) is 5.91 Å². The summed E-state index contributed by atoms with van der Waals surface area (Å²) in [5, 5.41) is 25.1. The van der Waals surface area contributed by atoms with Crippen LogP contribution in [0.25, 0.3) is 0 Å². The Balaban J connectivity index is 0.000000324. The number of carboxylic acid groups (broad SMARTS) is 2. The first-order chi connectivity index (χ1) is 8.40. The van der Waals surface area contributed by atoms with Gasteiger partial charge in [0.25, 0.3) is 0 Å². The predicted octanol–water partition coefficient (Wildman–Crippen LogP) is -3.36. The monoisotopic (exact) mass is 278 g/mol. The second kappa shape index (κ2) is 8.00. The molecule has 2 heterocycles. The molecule has 7 nitrogen and oxygen atoms in total. The summed E-state index contributed by atoms with van der Waals surface area (Å²) in [6.07, 6.45) is 2.03. The first kappa shape index (κ1) is 17.7. The van der Waals surface area contributed by atoms with Crippen molar-refractivity contribution >= 4 is 40.9 Å². The SMILES string of the molecule is C=C1CCC(C(=O)[O-])N1.O=C1CCC(C(=O)[O-])N1.[Mg+2]. The molecule has 0 bridgehead atoms. The van der Waals surface area contributed by atoms with Crippen LogP contribution in [0, 0.1) is 0 Å². The fourth-order valence-corrected chi connectivity index (χ4v) is 1.68. The van der Waals surface area contributed by atoms with Gasteiger partial charge in [-0.2, -0.15) is 0 Å². The van der Waals surface area contributed by atoms with Crippen LogP contribution in [0.15, 0.2) is 12.3 Å². The molecular formula is C11H14MgN2O5. The molecule has 0 aliphatic carbocycles. The van der Waals surface area contributed by atoms with Gasteiger partial charge in [-0.15, -0.1) is 0 Å². The molecule has 0 aromatic heterocycles. The van der Waals surface area contributed by atoms with Crippen molar-refractivity contribution in [2.75, 3.05) is 0 Å². The van der Waals surface area contributed by atoms with Crippen molar-refractivity contribution in [1.82, 2.24) is 10.6 Å². The van der Waals surface area contributed by atoms with Gasteiger partial charge < -0.3 is 30.4 Å². The molecule has 1 amide bonds. The minimum absolute atomic E-state index is 0. The maximum atomic E-state index is 10.4. The van der Waals surface area contributed by atoms with Crippen molar-refractivity contribution in [3.05, 3.63) is 12.3 Å². The molecule has 2 aliphatic rings. The maximum Gasteiger partial charge on any atom is 2.00 e. The number of aliphatic carboxylic acids is 2. The Morgan fingerprint density at radius 3 is 1.74 bits per heavy atom. The number of hydrogen-bond donors (Lipinski definition) is 2. The van der Waals surface area contributed by atoms with E-state index in [1.165, 1.54) is 0 Å². The Morgan fingerprint density at radius 2 is 1.53 bits per heavy atom. The second-order valence-corrected chi connectivity index (χ2v) is 4.14. The molecule has 0 saturated carbocycles. The zero-order valence-corrected chi connectivity index (χ0v) is 11.9. The molecule has 2 fully saturated rings. The van der Waals surface area contributed by atoms with Gasteiger partial charge in [-0.3, -0.25) is 4.79 Å². The molecule has 8 heteroatoms. The molecule has 2 unspecified atom stereocenters. The van der Waals surface area contributed by atoms with E-state index in [2.05, 4.69) is 17.2 Å². The molecule has 2 rings (SSSR count). The van der Waals surface area contributed by atoms with Gasteiger partial charge in [-0.25, -0.2) is 0 Å². The smallest absolute Gasteiger partial charge is 0.548 e. The molecule has 0 aromatic rings. The normalized spacial score (nSPS) is 24.4. The van der Waals surface area contributed by atoms with Gasteiger partial charge in [-0.05, 0) is 19.3 Å². The summed E-state index contributed by atoms with van der Waals surface area (Å²) in [4.78, 5) is 30.5. The van der Waals surface area contributed by atoms with Crippen LogP contribution in [0.1, 0.15) is 25.7 Å². The van der Waals surface area contributed by atoms with E-state index in [0.29, 0.717) is 19.3 Å². The summed E-state index contributed by atoms with van der Waals surface area (Å²) >= 11 is 0. The molecular weight excluding hydrogens is 264 g/mol. The van der Waals surface area contributed by atoms with Crippen LogP contribution < -0.4 is 20.8 Å². The van der Waals surface area contributed by atoms with E-state index < -0.39 is 24.0 Å². The van der Waals surface area contributed by atoms with E-state index in [0.717, 1.165) is 12.1 Å². The van der Waals surface area contributed by atoms with Crippen molar-refractivity contribution in [1.29, 1.82) is 0 Å². The van der Waals surface area contributed by atoms with Crippen LogP contribution in [-0.2, 0) is 14.4 Å². The van der Waals surface area contributed by atoms with Crippen molar-refractivity contribution in [2.45, 2.75) is 37.8 Å². The topological polar surface area (TPSA) is 121 Å². The van der Waals surface area contributed by atoms with Crippen molar-refractivity contribution in [3.63, 3.8) is 0 Å². The quantitative estimate of drug-likeness (QED) is 0.509. The third-order valence-electron chi connectivity index (χ3n) is 2.68. The number of nitrogens with one attached hydrogen (secondary N) is 2. The van der Waals surface area contributed by atoms with Crippen LogP contribution >= 0.6 is 0 Å². The number of carbonyl (C=O) groups excluding carboxylic acids is 3. The van der Waals surface area contributed by atoms with Crippen LogP contribution in [0.5, 0.6) is 0 Å². The number of carbonyl (C=O) groups is 3. The number of hydrogen-bond acceptors (Lipinski definition) is 6. The fourth-order valence-electron chi connectivity index (χ4n) is 1.68. The number of amides is 1. The van der Waals surface area contributed by atoms with E-state index in [9.17, 15) is 24.6 Å². The number of carboxylic acids is 2. The van der Waals surface area contributed by atoms with Gasteiger partial charge in [0.15, 0.2) is 0 Å². The Morgan fingerprint density at radius 1 is 1.05 bits per heavy atom. The zero-order chi connectivity index (χ0) is 13.7. The van der Waals surface area contributed by atoms with E-state index in [1.807, 2.05) is 0 Å². The largest absolute Gasteiger partial charge is 2.00 e. The molecule has 0 spiro atoms. The summed E-state index contributed by atoms with van der Waals surface area (Å²) in [6.45, 7) is 3.58. The molecule has 2 aliphatic heterocycles. The third-order valence-corrected chi connectivity index (χ3v) is 2.68. The molecule has 19 heavy (non-hydrogen) atoms. The van der Waals surface area contributed by atoms with Gasteiger partial charge in [0.1, 0.15) is 0 Å². The van der Waals surface area contributed by atoms with Gasteiger partial charge in [-0.1, -0.05) is 6.58 Å². The van der Waals surface area contributed by atoms with Gasteiger partial charge >= 0.3 is 23.1 Å². The minimum atomic E-state index is -1.19. The summed E-state index contributed by atoms with van der Waals surface area (Å²) in [5.41, 5.74) is 0.796. The van der Waals surface area contributed by atoms with Crippen molar-refractivity contribution in [2.24, 2.45) is 0 Å². The Labute approximate surface area is 126 Å². The molecule has 2 N–H and O–H groups in total. The predicted molar refractivity (Wildman–Crippen MR) is 62.2 cm³/mol. The molecule has 0 radical (unpaired) electrons. The van der Waals surface area contributed by atoms with Crippen molar-refractivity contribution < 1.29 is 24.6 Å². The Kier molecular flexibility index (Phi) is 7.46. The Bertz CT molecular complexity index is 349. The molecule has 2 saturated heterocycles. The number of rotatable bonds is 2. The summed E-state index contributed by atoms with van der Waals surface area (Å²) < 4.78 is 0. The number of allylic oxidation sites excluding steroid dienone is 1. The average molecular weight is 279 g/mol. The van der Waals surface area contributed by atoms with E-state index >= 15 is 0 Å². The van der Waals surface area contributed by atoms with Crippen LogP contribution in [-0.4, -0.2) is 53.0 Å². The van der Waals surface area contributed by atoms with E-state index in [-0.39, 0.29) is 29.0 Å². The maximum absolute atomic E-state index is 10.4. The zero-order valence-electron chi connectivity index (χ0n) is 10.4. The first-order valence-electron chi connectivity index (χ1n) is 5.55. The molecule has 2 atom stereocenters. The minimum Gasteiger partial charge on any atom is -0.548 e.